The van der Waals surface area contributed by atoms with Crippen molar-refractivity contribution in [3.63, 3.8) is 0 Å². The predicted octanol–water partition coefficient (Wildman–Crippen LogP) is 1.64. The molecule has 1 aliphatic heterocycles. The third kappa shape index (κ3) is 6.20. The molecule has 2 aromatic heterocycles. The number of rotatable bonds is 8. The first-order valence-electron chi connectivity index (χ1n) is 12.1. The molecule has 2 amide bonds. The van der Waals surface area contributed by atoms with Gasteiger partial charge in [-0.2, -0.15) is 4.31 Å². The number of benzene rings is 1. The minimum absolute atomic E-state index is 0.0926. The van der Waals surface area contributed by atoms with E-state index in [9.17, 15) is 22.8 Å². The topological polar surface area (TPSA) is 154 Å². The highest BCUT2D eigenvalue weighted by molar-refractivity contribution is 7.89. The summed E-state index contributed by atoms with van der Waals surface area (Å²) < 4.78 is 27.0. The molecule has 0 saturated carbocycles. The molecule has 1 aliphatic rings. The number of nitrogens with one attached hydrogen (secondary N) is 3. The number of Topliss-reactive ketones (excluding diaryl/α,β-unsaturated/α-hetero) is 1. The van der Waals surface area contributed by atoms with Crippen molar-refractivity contribution in [2.45, 2.75) is 50.2 Å². The van der Waals surface area contributed by atoms with Gasteiger partial charge < -0.3 is 15.6 Å². The van der Waals surface area contributed by atoms with Gasteiger partial charge in [0.2, 0.25) is 5.91 Å². The van der Waals surface area contributed by atoms with E-state index in [0.717, 1.165) is 9.82 Å². The lowest BCUT2D eigenvalue weighted by Crippen LogP contribution is -2.52. The fourth-order valence-corrected chi connectivity index (χ4v) is 5.66. The van der Waals surface area contributed by atoms with Gasteiger partial charge in [-0.3, -0.25) is 14.4 Å². The highest BCUT2D eigenvalue weighted by Crippen LogP contribution is 2.18. The van der Waals surface area contributed by atoms with Crippen LogP contribution >= 0.6 is 0 Å². The van der Waals surface area contributed by atoms with Gasteiger partial charge in [-0.1, -0.05) is 19.9 Å². The van der Waals surface area contributed by atoms with Crippen LogP contribution in [0.1, 0.15) is 43.5 Å². The van der Waals surface area contributed by atoms with E-state index in [0.29, 0.717) is 23.9 Å². The molecule has 0 spiro atoms. The summed E-state index contributed by atoms with van der Waals surface area (Å²) in [5.74, 6) is -1.22. The largest absolute Gasteiger partial charge is 0.345 e. The van der Waals surface area contributed by atoms with Crippen molar-refractivity contribution < 1.29 is 22.8 Å². The molecule has 196 valence electrons. The highest BCUT2D eigenvalue weighted by Gasteiger charge is 2.34. The summed E-state index contributed by atoms with van der Waals surface area (Å²) in [5.41, 5.74) is 1.80. The van der Waals surface area contributed by atoms with Crippen LogP contribution in [-0.2, 0) is 19.6 Å². The van der Waals surface area contributed by atoms with Gasteiger partial charge in [0.1, 0.15) is 6.04 Å². The first kappa shape index (κ1) is 26.4. The molecule has 3 N–H and O–H groups in total. The molecule has 12 heteroatoms. The zero-order valence-electron chi connectivity index (χ0n) is 20.7. The third-order valence-corrected chi connectivity index (χ3v) is 7.95. The second kappa shape index (κ2) is 11.2. The number of pyridine rings is 1. The first-order valence-corrected chi connectivity index (χ1v) is 13.6. The lowest BCUT2D eigenvalue weighted by atomic mass is 10.0. The van der Waals surface area contributed by atoms with Crippen LogP contribution in [0.3, 0.4) is 0 Å². The van der Waals surface area contributed by atoms with Crippen LogP contribution < -0.4 is 10.6 Å². The standard InChI is InChI=1S/C25H30N6O5S/c1-16(2)12-21(30-24(33)17-8-9-18-20(13-17)28-15-27-18)25(34)29-19-6-5-11-31(14-22(19)32)37(35,36)23-7-3-4-10-26-23/h3-4,7-10,13,15-16,19,21H,5-6,11-12,14H2,1-2H3,(H,27,28)(H,29,34)(H,30,33)/t19-,21?/m0/s1. The monoisotopic (exact) mass is 526 g/mol. The zero-order chi connectivity index (χ0) is 26.6. The first-order chi connectivity index (χ1) is 17.6. The van der Waals surface area contributed by atoms with Gasteiger partial charge in [0.15, 0.2) is 10.8 Å². The summed E-state index contributed by atoms with van der Waals surface area (Å²) in [6.45, 7) is 3.63. The molecule has 1 unspecified atom stereocenters. The van der Waals surface area contributed by atoms with Gasteiger partial charge in [-0.15, -0.1) is 0 Å². The van der Waals surface area contributed by atoms with E-state index in [-0.39, 0.29) is 30.5 Å². The average Bonchev–Trinajstić information content (AvgIpc) is 3.27. The molecule has 2 atom stereocenters. The SMILES string of the molecule is CC(C)CC(NC(=O)c1ccc2nc[nH]c2c1)C(=O)N[C@H]1CCCN(S(=O)(=O)c2ccccn2)CC1=O. The Morgan fingerprint density at radius 1 is 1.19 bits per heavy atom. The Kier molecular flexibility index (Phi) is 7.98. The molecule has 0 bridgehead atoms. The zero-order valence-corrected chi connectivity index (χ0v) is 21.5. The van der Waals surface area contributed by atoms with Gasteiger partial charge in [-0.05, 0) is 55.5 Å². The number of carbonyl (C=O) groups excluding carboxylic acids is 3. The van der Waals surface area contributed by atoms with E-state index >= 15 is 0 Å². The molecule has 3 aromatic rings. The van der Waals surface area contributed by atoms with Crippen LogP contribution in [0, 0.1) is 5.92 Å². The summed E-state index contributed by atoms with van der Waals surface area (Å²) in [6, 6.07) is 7.85. The van der Waals surface area contributed by atoms with E-state index < -0.39 is 39.7 Å². The van der Waals surface area contributed by atoms with Gasteiger partial charge in [0.05, 0.1) is 29.9 Å². The van der Waals surface area contributed by atoms with Crippen molar-refractivity contribution in [2.75, 3.05) is 13.1 Å². The second-order valence-corrected chi connectivity index (χ2v) is 11.4. The Balaban J connectivity index is 1.44. The van der Waals surface area contributed by atoms with Gasteiger partial charge in [0, 0.05) is 18.3 Å². The Bertz CT molecular complexity index is 1390. The summed E-state index contributed by atoms with van der Waals surface area (Å²) in [6.07, 6.45) is 3.95. The van der Waals surface area contributed by atoms with Gasteiger partial charge >= 0.3 is 0 Å². The normalized spacial score (nSPS) is 17.9. The quantitative estimate of drug-likeness (QED) is 0.403. The number of aromatic amines is 1. The number of sulfonamides is 1. The van der Waals surface area contributed by atoms with E-state index in [1.54, 1.807) is 30.3 Å². The minimum Gasteiger partial charge on any atom is -0.345 e. The minimum atomic E-state index is -3.94. The number of carbonyl (C=O) groups is 3. The van der Waals surface area contributed by atoms with Crippen molar-refractivity contribution in [1.82, 2.24) is 29.9 Å². The second-order valence-electron chi connectivity index (χ2n) is 9.47. The number of ketones is 1. The van der Waals surface area contributed by atoms with E-state index in [1.165, 1.54) is 18.6 Å². The molecule has 11 nitrogen and oxygen atoms in total. The maximum atomic E-state index is 13.2. The predicted molar refractivity (Wildman–Crippen MR) is 136 cm³/mol. The molecule has 4 rings (SSSR count). The fourth-order valence-electron chi connectivity index (χ4n) is 4.28. The Labute approximate surface area is 215 Å². The van der Waals surface area contributed by atoms with Crippen molar-refractivity contribution in [3.05, 3.63) is 54.5 Å². The van der Waals surface area contributed by atoms with Gasteiger partial charge in [-0.25, -0.2) is 18.4 Å². The molecule has 1 aromatic carbocycles. The number of hydrogen-bond acceptors (Lipinski definition) is 7. The molecular weight excluding hydrogens is 496 g/mol. The number of H-pyrrole nitrogens is 1. The van der Waals surface area contributed by atoms with Crippen LogP contribution in [0.15, 0.2) is 53.9 Å². The molecule has 3 heterocycles. The maximum absolute atomic E-state index is 13.2. The van der Waals surface area contributed by atoms with Crippen molar-refractivity contribution in [3.8, 4) is 0 Å². The van der Waals surface area contributed by atoms with Crippen LogP contribution in [0.5, 0.6) is 0 Å². The Hall–Kier alpha value is -3.64. The summed E-state index contributed by atoms with van der Waals surface area (Å²) in [4.78, 5) is 50.1. The highest BCUT2D eigenvalue weighted by atomic mass is 32.2. The molecule has 0 aliphatic carbocycles. The number of aromatic nitrogens is 3. The smallest absolute Gasteiger partial charge is 0.260 e. The van der Waals surface area contributed by atoms with Crippen LogP contribution in [0.25, 0.3) is 11.0 Å². The van der Waals surface area contributed by atoms with Crippen LogP contribution in [0.2, 0.25) is 0 Å². The number of amides is 2. The van der Waals surface area contributed by atoms with Crippen LogP contribution in [0.4, 0.5) is 0 Å². The van der Waals surface area contributed by atoms with Crippen molar-refractivity contribution in [2.24, 2.45) is 5.92 Å². The average molecular weight is 527 g/mol. The van der Waals surface area contributed by atoms with E-state index in [4.69, 9.17) is 0 Å². The number of hydrogen-bond donors (Lipinski definition) is 3. The number of fused-ring (bicyclic) bond motifs is 1. The van der Waals surface area contributed by atoms with E-state index in [1.807, 2.05) is 13.8 Å². The fraction of sp³-hybridized carbons (Fsp3) is 0.400. The molecule has 37 heavy (non-hydrogen) atoms. The van der Waals surface area contributed by atoms with Crippen molar-refractivity contribution in [1.29, 1.82) is 0 Å². The summed E-state index contributed by atoms with van der Waals surface area (Å²) >= 11 is 0. The lowest BCUT2D eigenvalue weighted by Gasteiger charge is -2.23. The van der Waals surface area contributed by atoms with Crippen LogP contribution in [-0.4, -0.2) is 70.4 Å². The van der Waals surface area contributed by atoms with Crippen molar-refractivity contribution >= 4 is 38.7 Å². The Morgan fingerprint density at radius 3 is 2.73 bits per heavy atom. The number of nitrogens with zero attached hydrogens (tertiary/aromatic N) is 3. The molecule has 1 fully saturated rings. The molecule has 0 radical (unpaired) electrons. The third-order valence-electron chi connectivity index (χ3n) is 6.19. The summed E-state index contributed by atoms with van der Waals surface area (Å²) in [5, 5.41) is 5.41. The van der Waals surface area contributed by atoms with E-state index in [2.05, 4.69) is 25.6 Å². The maximum Gasteiger partial charge on any atom is 0.260 e. The number of imidazole rings is 1. The Morgan fingerprint density at radius 2 is 2.00 bits per heavy atom. The van der Waals surface area contributed by atoms with Gasteiger partial charge in [0.25, 0.3) is 15.9 Å². The summed E-state index contributed by atoms with van der Waals surface area (Å²) in [7, 11) is -3.94. The lowest BCUT2D eigenvalue weighted by molar-refractivity contribution is -0.129. The molecule has 1 saturated heterocycles. The molecular formula is C25H30N6O5S.